The Labute approximate surface area is 113 Å². The van der Waals surface area contributed by atoms with Crippen molar-refractivity contribution in [3.8, 4) is 0 Å². The van der Waals surface area contributed by atoms with Gasteiger partial charge < -0.3 is 15.8 Å². The highest BCUT2D eigenvalue weighted by molar-refractivity contribution is 5.75. The highest BCUT2D eigenvalue weighted by Gasteiger charge is 2.13. The molecule has 0 aliphatic carbocycles. The van der Waals surface area contributed by atoms with Crippen molar-refractivity contribution in [2.45, 2.75) is 39.7 Å². The SMILES string of the molecule is CCOC(=O)[C@@H](N)CCCNc1nc(C)cc(C)n1. The molecule has 6 nitrogen and oxygen atoms in total. The van der Waals surface area contributed by atoms with Crippen LogP contribution in [0.3, 0.4) is 0 Å². The summed E-state index contributed by atoms with van der Waals surface area (Å²) in [7, 11) is 0. The topological polar surface area (TPSA) is 90.1 Å². The average Bonchev–Trinajstić information content (AvgIpc) is 2.33. The maximum absolute atomic E-state index is 11.3. The van der Waals surface area contributed by atoms with Crippen LogP contribution in [-0.4, -0.2) is 35.1 Å². The summed E-state index contributed by atoms with van der Waals surface area (Å²) in [6.45, 7) is 6.66. The largest absolute Gasteiger partial charge is 0.465 e. The van der Waals surface area contributed by atoms with Gasteiger partial charge in [-0.05, 0) is 39.7 Å². The van der Waals surface area contributed by atoms with E-state index in [1.54, 1.807) is 6.92 Å². The zero-order chi connectivity index (χ0) is 14.3. The molecule has 3 N–H and O–H groups in total. The first kappa shape index (κ1) is 15.4. The Hall–Kier alpha value is -1.69. The highest BCUT2D eigenvalue weighted by atomic mass is 16.5. The van der Waals surface area contributed by atoms with Crippen molar-refractivity contribution in [1.82, 2.24) is 9.97 Å². The van der Waals surface area contributed by atoms with E-state index in [0.717, 1.165) is 17.8 Å². The molecule has 0 radical (unpaired) electrons. The van der Waals surface area contributed by atoms with E-state index in [-0.39, 0.29) is 5.97 Å². The fourth-order valence-electron chi connectivity index (χ4n) is 1.69. The molecule has 1 aromatic rings. The molecule has 6 heteroatoms. The molecule has 0 aromatic carbocycles. The Morgan fingerprint density at radius 3 is 2.63 bits per heavy atom. The van der Waals surface area contributed by atoms with Crippen LogP contribution in [0.4, 0.5) is 5.95 Å². The zero-order valence-electron chi connectivity index (χ0n) is 11.8. The molecule has 1 atom stereocenters. The van der Waals surface area contributed by atoms with Gasteiger partial charge in [-0.25, -0.2) is 9.97 Å². The van der Waals surface area contributed by atoms with Gasteiger partial charge in [0, 0.05) is 17.9 Å². The van der Waals surface area contributed by atoms with Crippen LogP contribution in [0.15, 0.2) is 6.07 Å². The number of nitrogens with one attached hydrogen (secondary N) is 1. The molecule has 1 aromatic heterocycles. The zero-order valence-corrected chi connectivity index (χ0v) is 11.8. The lowest BCUT2D eigenvalue weighted by molar-refractivity contribution is -0.144. The molecule has 0 saturated carbocycles. The lowest BCUT2D eigenvalue weighted by atomic mass is 10.2. The molecule has 106 valence electrons. The second-order valence-electron chi connectivity index (χ2n) is 4.40. The second kappa shape index (κ2) is 7.68. The molecule has 0 aliphatic rings. The van der Waals surface area contributed by atoms with Crippen LogP contribution < -0.4 is 11.1 Å². The monoisotopic (exact) mass is 266 g/mol. The molecule has 1 rings (SSSR count). The minimum atomic E-state index is -0.554. The fourth-order valence-corrected chi connectivity index (χ4v) is 1.69. The van der Waals surface area contributed by atoms with E-state index in [9.17, 15) is 4.79 Å². The van der Waals surface area contributed by atoms with Gasteiger partial charge in [0.15, 0.2) is 0 Å². The van der Waals surface area contributed by atoms with Crippen LogP contribution in [0.25, 0.3) is 0 Å². The molecule has 0 aliphatic heterocycles. The van der Waals surface area contributed by atoms with Gasteiger partial charge in [0.05, 0.1) is 6.61 Å². The van der Waals surface area contributed by atoms with Crippen LogP contribution in [0.1, 0.15) is 31.2 Å². The Bertz CT molecular complexity index is 403. The first-order valence-corrected chi connectivity index (χ1v) is 6.51. The van der Waals surface area contributed by atoms with Crippen LogP contribution in [0.2, 0.25) is 0 Å². The number of aromatic nitrogens is 2. The molecule has 0 bridgehead atoms. The number of carbonyl (C=O) groups excluding carboxylic acids is 1. The number of rotatable bonds is 7. The predicted octanol–water partition coefficient (Wildman–Crippen LogP) is 1.18. The summed E-state index contributed by atoms with van der Waals surface area (Å²) >= 11 is 0. The first-order valence-electron chi connectivity index (χ1n) is 6.51. The first-order chi connectivity index (χ1) is 9.02. The van der Waals surface area contributed by atoms with E-state index in [4.69, 9.17) is 10.5 Å². The maximum atomic E-state index is 11.3. The Morgan fingerprint density at radius 2 is 2.05 bits per heavy atom. The van der Waals surface area contributed by atoms with Crippen molar-refractivity contribution >= 4 is 11.9 Å². The summed E-state index contributed by atoms with van der Waals surface area (Å²) in [5.74, 6) is 0.271. The molecular formula is C13H22N4O2. The smallest absolute Gasteiger partial charge is 0.322 e. The summed E-state index contributed by atoms with van der Waals surface area (Å²) in [6, 6.07) is 1.36. The van der Waals surface area contributed by atoms with E-state index in [1.165, 1.54) is 0 Å². The quantitative estimate of drug-likeness (QED) is 0.569. The lowest BCUT2D eigenvalue weighted by Crippen LogP contribution is -2.32. The Balaban J connectivity index is 2.29. The van der Waals surface area contributed by atoms with Crippen molar-refractivity contribution in [2.24, 2.45) is 5.73 Å². The van der Waals surface area contributed by atoms with Crippen LogP contribution >= 0.6 is 0 Å². The minimum absolute atomic E-state index is 0.342. The van der Waals surface area contributed by atoms with Gasteiger partial charge in [0.2, 0.25) is 5.95 Å². The number of nitrogens with two attached hydrogens (primary N) is 1. The van der Waals surface area contributed by atoms with Gasteiger partial charge in [-0.15, -0.1) is 0 Å². The van der Waals surface area contributed by atoms with E-state index in [2.05, 4.69) is 15.3 Å². The van der Waals surface area contributed by atoms with Gasteiger partial charge in [0.1, 0.15) is 6.04 Å². The molecule has 0 spiro atoms. The van der Waals surface area contributed by atoms with Gasteiger partial charge in [0.25, 0.3) is 0 Å². The van der Waals surface area contributed by atoms with Crippen molar-refractivity contribution in [3.63, 3.8) is 0 Å². The van der Waals surface area contributed by atoms with Crippen molar-refractivity contribution in [2.75, 3.05) is 18.5 Å². The molecule has 0 fully saturated rings. The number of esters is 1. The normalized spacial score (nSPS) is 12.0. The fraction of sp³-hybridized carbons (Fsp3) is 0.615. The molecule has 0 saturated heterocycles. The van der Waals surface area contributed by atoms with Crippen LogP contribution in [0.5, 0.6) is 0 Å². The van der Waals surface area contributed by atoms with Gasteiger partial charge >= 0.3 is 5.97 Å². The van der Waals surface area contributed by atoms with Gasteiger partial charge in [-0.2, -0.15) is 0 Å². The number of carbonyl (C=O) groups is 1. The van der Waals surface area contributed by atoms with Gasteiger partial charge in [-0.1, -0.05) is 0 Å². The number of anilines is 1. The van der Waals surface area contributed by atoms with E-state index < -0.39 is 6.04 Å². The minimum Gasteiger partial charge on any atom is -0.465 e. The summed E-state index contributed by atoms with van der Waals surface area (Å²) in [5, 5.41) is 3.12. The summed E-state index contributed by atoms with van der Waals surface area (Å²) < 4.78 is 4.84. The highest BCUT2D eigenvalue weighted by Crippen LogP contribution is 2.04. The molecule has 0 amide bonds. The molecule has 1 heterocycles. The summed E-state index contributed by atoms with van der Waals surface area (Å²) in [6.07, 6.45) is 1.34. The van der Waals surface area contributed by atoms with Crippen LogP contribution in [0, 0.1) is 13.8 Å². The third-order valence-corrected chi connectivity index (χ3v) is 2.55. The molecule has 0 unspecified atom stereocenters. The predicted molar refractivity (Wildman–Crippen MR) is 73.8 cm³/mol. The van der Waals surface area contributed by atoms with Gasteiger partial charge in [-0.3, -0.25) is 4.79 Å². The lowest BCUT2D eigenvalue weighted by Gasteiger charge is -2.11. The molecular weight excluding hydrogens is 244 g/mol. The number of aryl methyl sites for hydroxylation is 2. The number of ether oxygens (including phenoxy) is 1. The molecule has 19 heavy (non-hydrogen) atoms. The van der Waals surface area contributed by atoms with Crippen LogP contribution in [-0.2, 0) is 9.53 Å². The Morgan fingerprint density at radius 1 is 1.42 bits per heavy atom. The number of hydrogen-bond acceptors (Lipinski definition) is 6. The van der Waals surface area contributed by atoms with Crippen molar-refractivity contribution in [3.05, 3.63) is 17.5 Å². The Kier molecular flexibility index (Phi) is 6.21. The van der Waals surface area contributed by atoms with Crippen molar-refractivity contribution in [1.29, 1.82) is 0 Å². The third-order valence-electron chi connectivity index (χ3n) is 2.55. The van der Waals surface area contributed by atoms with Crippen molar-refractivity contribution < 1.29 is 9.53 Å². The average molecular weight is 266 g/mol. The standard InChI is InChI=1S/C13H22N4O2/c1-4-19-12(18)11(14)6-5-7-15-13-16-9(2)8-10(3)17-13/h8,11H,4-7,14H2,1-3H3,(H,15,16,17)/t11-/m0/s1. The maximum Gasteiger partial charge on any atom is 0.322 e. The van der Waals surface area contributed by atoms with E-state index in [0.29, 0.717) is 25.5 Å². The second-order valence-corrected chi connectivity index (χ2v) is 4.40. The number of hydrogen-bond donors (Lipinski definition) is 2. The summed E-state index contributed by atoms with van der Waals surface area (Å²) in [5.41, 5.74) is 7.56. The summed E-state index contributed by atoms with van der Waals surface area (Å²) in [4.78, 5) is 19.8. The third kappa shape index (κ3) is 5.65. The number of nitrogens with zero attached hydrogens (tertiary/aromatic N) is 2. The van der Waals surface area contributed by atoms with E-state index in [1.807, 2.05) is 19.9 Å². The van der Waals surface area contributed by atoms with E-state index >= 15 is 0 Å².